The van der Waals surface area contributed by atoms with Gasteiger partial charge >= 0.3 is 41.8 Å². The highest BCUT2D eigenvalue weighted by molar-refractivity contribution is 6.09. The lowest BCUT2D eigenvalue weighted by atomic mass is 9.80. The minimum absolute atomic E-state index is 0.0453. The number of ether oxygens (including phenoxy) is 6. The Morgan fingerprint density at radius 1 is 0.594 bits per heavy atom. The molecule has 0 spiro atoms. The van der Waals surface area contributed by atoms with Gasteiger partial charge in [0.25, 0.3) is 0 Å². The van der Waals surface area contributed by atoms with Crippen LogP contribution >= 0.6 is 0 Å². The highest BCUT2D eigenvalue weighted by Gasteiger charge is 2.54. The van der Waals surface area contributed by atoms with Crippen molar-refractivity contribution >= 4 is 41.8 Å². The number of aliphatic carboxylic acids is 2. The summed E-state index contributed by atoms with van der Waals surface area (Å²) < 4.78 is 32.0. The molecule has 1 fully saturated rings. The Bertz CT molecular complexity index is 2950. The second kappa shape index (κ2) is 17.3. The Morgan fingerprint density at radius 2 is 1.09 bits per heavy atom. The highest BCUT2D eigenvalue weighted by Crippen LogP contribution is 2.54. The number of aliphatic hydroxyl groups is 1. The molecule has 3 aliphatic rings. The average Bonchev–Trinajstić information content (AvgIpc) is 3.28. The van der Waals surface area contributed by atoms with E-state index in [4.69, 9.17) is 28.4 Å². The van der Waals surface area contributed by atoms with E-state index in [0.717, 1.165) is 0 Å². The van der Waals surface area contributed by atoms with Crippen LogP contribution in [-0.4, -0.2) is 162 Å². The van der Waals surface area contributed by atoms with Gasteiger partial charge in [0.1, 0.15) is 12.7 Å². The third-order valence-corrected chi connectivity index (χ3v) is 10.7. The third-order valence-electron chi connectivity index (χ3n) is 10.7. The molecule has 4 aromatic rings. The number of carbonyl (C=O) groups excluding carboxylic acids is 5. The zero-order chi connectivity index (χ0) is 50.8. The number of phenols is 12. The van der Waals surface area contributed by atoms with Crippen LogP contribution in [-0.2, 0) is 42.8 Å². The minimum atomic E-state index is -2.71. The zero-order valence-electron chi connectivity index (χ0n) is 33.7. The largest absolute Gasteiger partial charge is 0.504 e. The molecule has 15 N–H and O–H groups in total. The van der Waals surface area contributed by atoms with E-state index < -0.39 is 205 Å². The Morgan fingerprint density at radius 3 is 1.62 bits per heavy atom. The third kappa shape index (κ3) is 8.11. The van der Waals surface area contributed by atoms with E-state index in [1.165, 1.54) is 0 Å². The van der Waals surface area contributed by atoms with Crippen LogP contribution in [0.15, 0.2) is 42.0 Å². The maximum absolute atomic E-state index is 14.5. The lowest BCUT2D eigenvalue weighted by Gasteiger charge is -2.43. The van der Waals surface area contributed by atoms with E-state index in [1.807, 2.05) is 0 Å². The molecule has 0 aromatic heterocycles. The SMILES string of the molecule is O=C(O)C=C(C(=O)O[C@H]1[C@@H]2OC(=O)c3cc(O)c(O)c(O)c3-c3c(cc(O)c(O)c3O)C(=O)OC[C@H]1O[C@@H](OC(=O)c1cc(O)c(O)c(O)c1)[C@@H]2O)[C@H]1c2c(cc(O)c(O)c2O)C(=O)O[C@@H]1C(=O)O. The number of fused-ring (bicyclic) bond motifs is 6. The molecular formula is C41H30O28. The molecule has 69 heavy (non-hydrogen) atoms. The number of carbonyl (C=O) groups is 7. The summed E-state index contributed by atoms with van der Waals surface area (Å²) >= 11 is 0. The smallest absolute Gasteiger partial charge is 0.346 e. The molecule has 362 valence electrons. The van der Waals surface area contributed by atoms with Gasteiger partial charge in [-0.2, -0.15) is 0 Å². The molecule has 0 radical (unpaired) electrons. The van der Waals surface area contributed by atoms with Crippen LogP contribution in [0, 0.1) is 0 Å². The van der Waals surface area contributed by atoms with Crippen LogP contribution in [0.5, 0.6) is 69.0 Å². The summed E-state index contributed by atoms with van der Waals surface area (Å²) in [6.45, 7) is -1.39. The van der Waals surface area contributed by atoms with E-state index in [9.17, 15) is 110 Å². The highest BCUT2D eigenvalue weighted by atomic mass is 16.7. The number of rotatable bonds is 7. The van der Waals surface area contributed by atoms with Crippen molar-refractivity contribution in [1.82, 2.24) is 0 Å². The van der Waals surface area contributed by atoms with Crippen molar-refractivity contribution in [2.24, 2.45) is 0 Å². The van der Waals surface area contributed by atoms with Crippen molar-refractivity contribution in [1.29, 1.82) is 0 Å². The summed E-state index contributed by atoms with van der Waals surface area (Å²) in [5.74, 6) is -31.5. The Balaban J connectivity index is 1.41. The van der Waals surface area contributed by atoms with Gasteiger partial charge in [-0.3, -0.25) is 0 Å². The minimum Gasteiger partial charge on any atom is -0.504 e. The van der Waals surface area contributed by atoms with Crippen LogP contribution in [0.3, 0.4) is 0 Å². The molecule has 4 aromatic carbocycles. The second-order valence-corrected chi connectivity index (χ2v) is 14.8. The number of hydrogen-bond acceptors (Lipinski definition) is 26. The topological polar surface area (TPSA) is 478 Å². The van der Waals surface area contributed by atoms with Gasteiger partial charge in [0.2, 0.25) is 29.6 Å². The van der Waals surface area contributed by atoms with Gasteiger partial charge in [-0.15, -0.1) is 0 Å². The molecule has 2 bridgehead atoms. The molecule has 7 rings (SSSR count). The number of carboxylic acids is 2. The summed E-state index contributed by atoms with van der Waals surface area (Å²) in [6.07, 6.45) is -15.5. The monoisotopic (exact) mass is 970 g/mol. The van der Waals surface area contributed by atoms with Crippen molar-refractivity contribution < 1.29 is 139 Å². The molecule has 3 aliphatic heterocycles. The summed E-state index contributed by atoms with van der Waals surface area (Å²) in [4.78, 5) is 93.8. The average molecular weight is 971 g/mol. The van der Waals surface area contributed by atoms with Crippen molar-refractivity contribution in [3.05, 3.63) is 69.8 Å². The van der Waals surface area contributed by atoms with Crippen molar-refractivity contribution in [3.8, 4) is 80.1 Å². The predicted molar refractivity (Wildman–Crippen MR) is 209 cm³/mol. The van der Waals surface area contributed by atoms with Gasteiger partial charge in [-0.05, 0) is 30.3 Å². The number of aromatic hydroxyl groups is 12. The summed E-state index contributed by atoms with van der Waals surface area (Å²) in [5.41, 5.74) is -8.70. The van der Waals surface area contributed by atoms with E-state index in [-0.39, 0.29) is 6.08 Å². The lowest BCUT2D eigenvalue weighted by molar-refractivity contribution is -0.287. The fourth-order valence-electron chi connectivity index (χ4n) is 7.49. The molecule has 0 amide bonds. The van der Waals surface area contributed by atoms with Gasteiger partial charge in [-0.25, -0.2) is 33.6 Å². The van der Waals surface area contributed by atoms with Crippen molar-refractivity contribution in [3.63, 3.8) is 0 Å². The van der Waals surface area contributed by atoms with Crippen LogP contribution in [0.4, 0.5) is 0 Å². The predicted octanol–water partition coefficient (Wildman–Crippen LogP) is -0.210. The molecule has 28 heteroatoms. The quantitative estimate of drug-likeness (QED) is 0.0493. The maximum Gasteiger partial charge on any atom is 0.346 e. The van der Waals surface area contributed by atoms with Gasteiger partial charge in [0.05, 0.1) is 33.7 Å². The standard InChI is InChI=1S/C41H30O28/c42-13-1-8(2-14(43)24(13)49)36(59)69-41-31(56)34-32(66-40(63)12(6-19(47)48)23-22-11(5-17(46)27(52)30(22)55)38(61)67-33(23)35(57)58)18(65-41)7-64-37(60)9-3-15(44)25(50)28(53)20(9)21-10(39(62)68-34)4-16(45)26(51)29(21)54/h1-6,18,23,31-34,41-46,49-56H,7H2,(H,47,48)(H,57,58)/t18-,23+,31-,32-,33+,34-,41+/m1/s1. The van der Waals surface area contributed by atoms with Gasteiger partial charge in [-0.1, -0.05) is 0 Å². The van der Waals surface area contributed by atoms with Crippen LogP contribution in [0.1, 0.15) is 52.9 Å². The normalized spacial score (nSPS) is 22.1. The van der Waals surface area contributed by atoms with Crippen molar-refractivity contribution in [2.75, 3.05) is 6.61 Å². The first-order valence-electron chi connectivity index (χ1n) is 18.9. The van der Waals surface area contributed by atoms with Gasteiger partial charge in [0, 0.05) is 22.8 Å². The fraction of sp³-hybridized carbons (Fsp3) is 0.195. The number of hydrogen-bond donors (Lipinski definition) is 15. The number of benzene rings is 4. The zero-order valence-corrected chi connectivity index (χ0v) is 33.7. The first kappa shape index (κ1) is 47.4. The molecule has 7 atom stereocenters. The number of aliphatic hydroxyl groups excluding tert-OH is 1. The van der Waals surface area contributed by atoms with Crippen molar-refractivity contribution in [2.45, 2.75) is 42.7 Å². The van der Waals surface area contributed by atoms with E-state index >= 15 is 0 Å². The first-order valence-corrected chi connectivity index (χ1v) is 18.9. The van der Waals surface area contributed by atoms with E-state index in [0.29, 0.717) is 30.3 Å². The van der Waals surface area contributed by atoms with Crippen LogP contribution < -0.4 is 0 Å². The Labute approximate surface area is 379 Å². The van der Waals surface area contributed by atoms with Crippen LogP contribution in [0.25, 0.3) is 11.1 Å². The summed E-state index contributed by atoms with van der Waals surface area (Å²) in [5, 5.41) is 157. The number of esters is 5. The number of carboxylic acid groups (broad SMARTS) is 2. The van der Waals surface area contributed by atoms with Crippen LogP contribution in [0.2, 0.25) is 0 Å². The summed E-state index contributed by atoms with van der Waals surface area (Å²) in [7, 11) is 0. The Hall–Kier alpha value is -9.57. The van der Waals surface area contributed by atoms with Gasteiger partial charge < -0.3 is 105 Å². The Kier molecular flexibility index (Phi) is 11.9. The molecule has 28 nitrogen and oxygen atoms in total. The van der Waals surface area contributed by atoms with E-state index in [1.54, 1.807) is 0 Å². The molecule has 3 heterocycles. The fourth-order valence-corrected chi connectivity index (χ4v) is 7.49. The lowest BCUT2D eigenvalue weighted by Crippen LogP contribution is -2.62. The van der Waals surface area contributed by atoms with Gasteiger partial charge in [0.15, 0.2) is 70.1 Å². The second-order valence-electron chi connectivity index (χ2n) is 14.8. The molecular weight excluding hydrogens is 940 g/mol. The number of cyclic esters (lactones) is 2. The summed E-state index contributed by atoms with van der Waals surface area (Å²) in [6, 6.07) is 2.27. The molecule has 1 saturated heterocycles. The maximum atomic E-state index is 14.5. The van der Waals surface area contributed by atoms with E-state index in [2.05, 4.69) is 0 Å². The molecule has 0 saturated carbocycles. The first-order chi connectivity index (χ1) is 32.3. The molecule has 0 unspecified atom stereocenters. The molecule has 0 aliphatic carbocycles. The number of phenolic OH excluding ortho intramolecular Hbond substituents is 12.